The minimum absolute atomic E-state index is 0.549. The van der Waals surface area contributed by atoms with Gasteiger partial charge in [-0.05, 0) is 36.1 Å². The van der Waals surface area contributed by atoms with E-state index in [0.29, 0.717) is 6.54 Å². The molecule has 4 nitrogen and oxygen atoms in total. The van der Waals surface area contributed by atoms with E-state index in [-0.39, 0.29) is 0 Å². The SMILES string of the molecule is C=CCN=c1scc(-c2cc3ccccc3o2)n1/N=C\c1sccc1C. The Morgan fingerprint density at radius 2 is 2.12 bits per heavy atom. The third kappa shape index (κ3) is 3.21. The highest BCUT2D eigenvalue weighted by Gasteiger charge is 2.12. The summed E-state index contributed by atoms with van der Waals surface area (Å²) in [6.07, 6.45) is 3.66. The fourth-order valence-corrected chi connectivity index (χ4v) is 4.18. The number of aryl methyl sites for hydroxylation is 1. The van der Waals surface area contributed by atoms with E-state index in [0.717, 1.165) is 32.1 Å². The molecule has 0 amide bonds. The number of thiophene rings is 1. The van der Waals surface area contributed by atoms with Crippen molar-refractivity contribution in [1.82, 2.24) is 4.68 Å². The van der Waals surface area contributed by atoms with Crippen LogP contribution in [0.4, 0.5) is 0 Å². The maximum absolute atomic E-state index is 6.03. The molecule has 4 aromatic rings. The molecule has 0 N–H and O–H groups in total. The monoisotopic (exact) mass is 379 g/mol. The van der Waals surface area contributed by atoms with E-state index in [2.05, 4.69) is 29.9 Å². The molecule has 0 fully saturated rings. The Hall–Kier alpha value is -2.70. The molecule has 0 saturated carbocycles. The van der Waals surface area contributed by atoms with Crippen LogP contribution in [0.15, 0.2) is 74.3 Å². The van der Waals surface area contributed by atoms with Crippen LogP contribution in [0, 0.1) is 6.92 Å². The standard InChI is InChI=1S/C20H17N3OS2/c1-3-9-21-20-23(22-12-19-14(2)8-10-25-19)16(13-26-20)18-11-15-6-4-5-7-17(15)24-18/h3-8,10-13H,1,9H2,2H3/b21-20?,22-12-. The topological polar surface area (TPSA) is 42.8 Å². The van der Waals surface area contributed by atoms with E-state index >= 15 is 0 Å². The fourth-order valence-electron chi connectivity index (χ4n) is 2.57. The zero-order valence-corrected chi connectivity index (χ0v) is 15.9. The lowest BCUT2D eigenvalue weighted by Gasteiger charge is -2.00. The molecule has 0 saturated heterocycles. The molecule has 3 heterocycles. The summed E-state index contributed by atoms with van der Waals surface area (Å²) in [6, 6.07) is 12.1. The molecule has 3 aromatic heterocycles. The van der Waals surface area contributed by atoms with Crippen molar-refractivity contribution in [3.8, 4) is 11.5 Å². The first-order valence-corrected chi connectivity index (χ1v) is 9.91. The van der Waals surface area contributed by atoms with Crippen LogP contribution >= 0.6 is 22.7 Å². The molecule has 26 heavy (non-hydrogen) atoms. The Morgan fingerprint density at radius 1 is 1.23 bits per heavy atom. The maximum Gasteiger partial charge on any atom is 0.206 e. The lowest BCUT2D eigenvalue weighted by atomic mass is 10.2. The highest BCUT2D eigenvalue weighted by Crippen LogP contribution is 2.28. The Balaban J connectivity index is 1.84. The number of nitrogens with zero attached hydrogens (tertiary/aromatic N) is 3. The van der Waals surface area contributed by atoms with Gasteiger partial charge >= 0.3 is 0 Å². The minimum atomic E-state index is 0.549. The second kappa shape index (κ2) is 7.27. The van der Waals surface area contributed by atoms with Gasteiger partial charge in [-0.2, -0.15) is 5.10 Å². The van der Waals surface area contributed by atoms with Crippen molar-refractivity contribution in [3.05, 3.63) is 75.1 Å². The number of thiazole rings is 1. The Morgan fingerprint density at radius 3 is 2.88 bits per heavy atom. The fraction of sp³-hybridized carbons (Fsp3) is 0.100. The number of aromatic nitrogens is 1. The molecule has 6 heteroatoms. The van der Waals surface area contributed by atoms with E-state index in [9.17, 15) is 0 Å². The van der Waals surface area contributed by atoms with Gasteiger partial charge in [0.15, 0.2) is 5.76 Å². The van der Waals surface area contributed by atoms with Crippen LogP contribution < -0.4 is 4.80 Å². The van der Waals surface area contributed by atoms with Crippen LogP contribution in [0.2, 0.25) is 0 Å². The van der Waals surface area contributed by atoms with Crippen molar-refractivity contribution in [1.29, 1.82) is 0 Å². The number of benzene rings is 1. The van der Waals surface area contributed by atoms with Gasteiger partial charge in [0.1, 0.15) is 11.3 Å². The van der Waals surface area contributed by atoms with Gasteiger partial charge in [-0.3, -0.25) is 4.99 Å². The lowest BCUT2D eigenvalue weighted by Crippen LogP contribution is -2.12. The second-order valence-corrected chi connectivity index (χ2v) is 7.49. The van der Waals surface area contributed by atoms with E-state index in [1.165, 1.54) is 5.56 Å². The third-order valence-corrected chi connectivity index (χ3v) is 5.72. The number of hydrogen-bond acceptors (Lipinski definition) is 5. The summed E-state index contributed by atoms with van der Waals surface area (Å²) in [6.45, 7) is 6.38. The number of fused-ring (bicyclic) bond motifs is 1. The summed E-state index contributed by atoms with van der Waals surface area (Å²) < 4.78 is 7.86. The van der Waals surface area contributed by atoms with Gasteiger partial charge < -0.3 is 4.42 Å². The molecule has 0 aliphatic rings. The van der Waals surface area contributed by atoms with Crippen LogP contribution in [-0.4, -0.2) is 17.4 Å². The van der Waals surface area contributed by atoms with Gasteiger partial charge in [0.25, 0.3) is 0 Å². The van der Waals surface area contributed by atoms with E-state index in [1.807, 2.05) is 46.6 Å². The largest absolute Gasteiger partial charge is 0.454 e. The molecule has 0 aliphatic heterocycles. The molecular weight excluding hydrogens is 362 g/mol. The average Bonchev–Trinajstić information content (AvgIpc) is 3.35. The van der Waals surface area contributed by atoms with Crippen LogP contribution in [0.3, 0.4) is 0 Å². The van der Waals surface area contributed by atoms with E-state index in [1.54, 1.807) is 28.7 Å². The first-order valence-electron chi connectivity index (χ1n) is 8.15. The summed E-state index contributed by atoms with van der Waals surface area (Å²) in [4.78, 5) is 6.50. The normalized spacial score (nSPS) is 12.4. The van der Waals surface area contributed by atoms with Crippen molar-refractivity contribution in [3.63, 3.8) is 0 Å². The highest BCUT2D eigenvalue weighted by molar-refractivity contribution is 7.11. The van der Waals surface area contributed by atoms with Gasteiger partial charge in [0, 0.05) is 10.8 Å². The summed E-state index contributed by atoms with van der Waals surface area (Å²) >= 11 is 3.21. The smallest absolute Gasteiger partial charge is 0.206 e. The zero-order valence-electron chi connectivity index (χ0n) is 14.3. The number of para-hydroxylation sites is 1. The van der Waals surface area contributed by atoms with Crippen molar-refractivity contribution in [2.45, 2.75) is 6.92 Å². The first-order chi connectivity index (χ1) is 12.8. The second-order valence-electron chi connectivity index (χ2n) is 5.71. The zero-order chi connectivity index (χ0) is 17.9. The van der Waals surface area contributed by atoms with Gasteiger partial charge in [-0.15, -0.1) is 29.3 Å². The predicted molar refractivity (Wildman–Crippen MR) is 110 cm³/mol. The van der Waals surface area contributed by atoms with E-state index < -0.39 is 0 Å². The molecule has 0 bridgehead atoms. The molecule has 4 rings (SSSR count). The first kappa shape index (κ1) is 16.8. The van der Waals surface area contributed by atoms with Crippen molar-refractivity contribution < 1.29 is 4.42 Å². The molecule has 130 valence electrons. The third-order valence-electron chi connectivity index (χ3n) is 3.91. The average molecular weight is 380 g/mol. The van der Waals surface area contributed by atoms with Gasteiger partial charge in [0.05, 0.1) is 17.6 Å². The Bertz CT molecular complexity index is 1120. The Labute approximate surface area is 159 Å². The van der Waals surface area contributed by atoms with Gasteiger partial charge in [0.2, 0.25) is 4.80 Å². The van der Waals surface area contributed by atoms with Crippen molar-refractivity contribution in [2.75, 3.05) is 6.54 Å². The van der Waals surface area contributed by atoms with Crippen molar-refractivity contribution in [2.24, 2.45) is 10.1 Å². The predicted octanol–water partition coefficient (Wildman–Crippen LogP) is 5.30. The summed E-state index contributed by atoms with van der Waals surface area (Å²) in [5.41, 5.74) is 2.96. The molecule has 0 aliphatic carbocycles. The van der Waals surface area contributed by atoms with Crippen LogP contribution in [0.1, 0.15) is 10.4 Å². The lowest BCUT2D eigenvalue weighted by molar-refractivity contribution is 0.621. The van der Waals surface area contributed by atoms with Gasteiger partial charge in [-0.25, -0.2) is 4.68 Å². The van der Waals surface area contributed by atoms with E-state index in [4.69, 9.17) is 9.52 Å². The van der Waals surface area contributed by atoms with Crippen LogP contribution in [-0.2, 0) is 0 Å². The molecule has 1 aromatic carbocycles. The molecule has 0 unspecified atom stereocenters. The molecule has 0 atom stereocenters. The van der Waals surface area contributed by atoms with Gasteiger partial charge in [-0.1, -0.05) is 24.3 Å². The van der Waals surface area contributed by atoms with Crippen LogP contribution in [0.25, 0.3) is 22.4 Å². The minimum Gasteiger partial charge on any atom is -0.454 e. The molecule has 0 radical (unpaired) electrons. The number of rotatable bonds is 5. The number of hydrogen-bond donors (Lipinski definition) is 0. The molecular formula is C20H17N3OS2. The quantitative estimate of drug-likeness (QED) is 0.343. The number of furan rings is 1. The molecule has 0 spiro atoms. The summed E-state index contributed by atoms with van der Waals surface area (Å²) in [7, 11) is 0. The van der Waals surface area contributed by atoms with Crippen LogP contribution in [0.5, 0.6) is 0 Å². The summed E-state index contributed by atoms with van der Waals surface area (Å²) in [5.74, 6) is 0.780. The van der Waals surface area contributed by atoms with Crippen molar-refractivity contribution >= 4 is 39.9 Å². The highest BCUT2D eigenvalue weighted by atomic mass is 32.1. The summed E-state index contributed by atoms with van der Waals surface area (Å²) in [5, 5.41) is 9.86. The maximum atomic E-state index is 6.03. The Kier molecular flexibility index (Phi) is 4.69.